The van der Waals surface area contributed by atoms with Crippen LogP contribution >= 0.6 is 0 Å². The molecule has 7 heteroatoms. The fourth-order valence-corrected chi connectivity index (χ4v) is 6.29. The van der Waals surface area contributed by atoms with E-state index in [1.807, 2.05) is 72.9 Å². The molecular formula is C39H33IrN5O-2. The van der Waals surface area contributed by atoms with E-state index in [1.165, 1.54) is 22.4 Å². The molecule has 6 nitrogen and oxygen atoms in total. The van der Waals surface area contributed by atoms with Crippen LogP contribution in [-0.4, -0.2) is 23.9 Å². The molecule has 0 fully saturated rings. The molecule has 4 aromatic carbocycles. The van der Waals surface area contributed by atoms with Crippen LogP contribution in [-0.2, 0) is 30.9 Å². The third-order valence-electron chi connectivity index (χ3n) is 9.28. The number of hydrogen-bond acceptors (Lipinski definition) is 3. The van der Waals surface area contributed by atoms with Crippen LogP contribution < -0.4 is 5.69 Å². The van der Waals surface area contributed by atoms with Crippen molar-refractivity contribution in [2.75, 3.05) is 0 Å². The van der Waals surface area contributed by atoms with Gasteiger partial charge in [0.1, 0.15) is 5.82 Å². The van der Waals surface area contributed by atoms with Gasteiger partial charge in [0.05, 0.1) is 11.9 Å². The van der Waals surface area contributed by atoms with Crippen molar-refractivity contribution in [2.24, 2.45) is 0 Å². The zero-order valence-electron chi connectivity index (χ0n) is 26.1. The first-order valence-electron chi connectivity index (χ1n) is 15.1. The van der Waals surface area contributed by atoms with Crippen LogP contribution in [0.4, 0.5) is 0 Å². The summed E-state index contributed by atoms with van der Waals surface area (Å²) in [5.41, 5.74) is 8.24. The first-order chi connectivity index (χ1) is 21.8. The number of nitrogens with zero attached hydrogens (tertiary/aromatic N) is 5. The van der Waals surface area contributed by atoms with Crippen LogP contribution in [0.1, 0.15) is 39.0 Å². The summed E-state index contributed by atoms with van der Waals surface area (Å²) in [5, 5.41) is 4.72. The summed E-state index contributed by atoms with van der Waals surface area (Å²) >= 11 is 0. The zero-order chi connectivity index (χ0) is 31.2. The Morgan fingerprint density at radius 3 is 2.09 bits per heavy atom. The van der Waals surface area contributed by atoms with Crippen molar-refractivity contribution in [1.29, 1.82) is 0 Å². The standard InChI is InChI=1S/C21H21N2.C18H12N3O.Ir/c1-20(2)17-12-8-9-13-18(17)23-19(21(20,3)4)16(14-22-23)15-10-6-5-7-11-15;22-18-20(14-8-2-1-3-9-14)15-10-4-5-11-16(15)21(18)17-12-6-7-13-19-17;/h5-12,14H,1-4H3;1-10,12-13H;/q2*-1;. The fraction of sp³-hybridized carbons (Fsp3) is 0.154. The van der Waals surface area contributed by atoms with Gasteiger partial charge >= 0.3 is 5.69 Å². The number of para-hydroxylation sites is 3. The van der Waals surface area contributed by atoms with E-state index in [-0.39, 0.29) is 36.6 Å². The minimum atomic E-state index is -0.151. The Morgan fingerprint density at radius 2 is 1.37 bits per heavy atom. The quantitative estimate of drug-likeness (QED) is 0.172. The molecule has 231 valence electrons. The Morgan fingerprint density at radius 1 is 0.696 bits per heavy atom. The van der Waals surface area contributed by atoms with E-state index in [1.54, 1.807) is 21.4 Å². The van der Waals surface area contributed by atoms with E-state index in [9.17, 15) is 4.79 Å². The predicted octanol–water partition coefficient (Wildman–Crippen LogP) is 7.88. The second-order valence-corrected chi connectivity index (χ2v) is 12.2. The average Bonchev–Trinajstić information content (AvgIpc) is 3.65. The van der Waals surface area contributed by atoms with Gasteiger partial charge in [0.25, 0.3) is 0 Å². The van der Waals surface area contributed by atoms with Gasteiger partial charge in [-0.05, 0) is 52.0 Å². The van der Waals surface area contributed by atoms with Gasteiger partial charge in [0, 0.05) is 43.0 Å². The van der Waals surface area contributed by atoms with Crippen LogP contribution in [0, 0.1) is 12.1 Å². The number of imidazole rings is 1. The van der Waals surface area contributed by atoms with Crippen LogP contribution in [0.3, 0.4) is 0 Å². The Labute approximate surface area is 282 Å². The molecule has 7 aromatic rings. The Hall–Kier alpha value is -4.84. The molecule has 1 radical (unpaired) electrons. The van der Waals surface area contributed by atoms with Gasteiger partial charge < -0.3 is 4.57 Å². The molecule has 8 rings (SSSR count). The normalized spacial score (nSPS) is 13.9. The predicted molar refractivity (Wildman–Crippen MR) is 179 cm³/mol. The van der Waals surface area contributed by atoms with E-state index in [2.05, 4.69) is 92.0 Å². The molecule has 0 saturated heterocycles. The Kier molecular flexibility index (Phi) is 8.24. The van der Waals surface area contributed by atoms with Crippen LogP contribution in [0.25, 0.3) is 39.4 Å². The number of aromatic nitrogens is 5. The third kappa shape index (κ3) is 4.97. The monoisotopic (exact) mass is 780 g/mol. The van der Waals surface area contributed by atoms with E-state index in [4.69, 9.17) is 5.10 Å². The van der Waals surface area contributed by atoms with Gasteiger partial charge in [-0.2, -0.15) is 47.6 Å². The van der Waals surface area contributed by atoms with E-state index < -0.39 is 0 Å². The molecule has 1 aliphatic heterocycles. The summed E-state index contributed by atoms with van der Waals surface area (Å²) in [6.45, 7) is 9.29. The second-order valence-electron chi connectivity index (χ2n) is 12.2. The smallest absolute Gasteiger partial charge is 0.315 e. The molecule has 0 atom stereocenters. The van der Waals surface area contributed by atoms with Crippen molar-refractivity contribution in [3.63, 3.8) is 0 Å². The van der Waals surface area contributed by atoms with Crippen LogP contribution in [0.15, 0.2) is 132 Å². The van der Waals surface area contributed by atoms with Crippen molar-refractivity contribution < 1.29 is 20.1 Å². The van der Waals surface area contributed by atoms with Gasteiger partial charge in [-0.1, -0.05) is 82.3 Å². The fourth-order valence-electron chi connectivity index (χ4n) is 6.29. The van der Waals surface area contributed by atoms with Crippen molar-refractivity contribution in [1.82, 2.24) is 23.9 Å². The average molecular weight is 780 g/mol. The molecule has 0 aliphatic carbocycles. The maximum atomic E-state index is 13.0. The van der Waals surface area contributed by atoms with E-state index >= 15 is 0 Å². The van der Waals surface area contributed by atoms with Crippen LogP contribution in [0.2, 0.25) is 0 Å². The number of rotatable bonds is 3. The second kappa shape index (κ2) is 12.2. The maximum Gasteiger partial charge on any atom is 0.326 e. The molecule has 46 heavy (non-hydrogen) atoms. The summed E-state index contributed by atoms with van der Waals surface area (Å²) in [6, 6.07) is 44.0. The number of fused-ring (bicyclic) bond motifs is 4. The van der Waals surface area contributed by atoms with E-state index in [0.29, 0.717) is 5.82 Å². The van der Waals surface area contributed by atoms with Gasteiger partial charge in [0.15, 0.2) is 0 Å². The van der Waals surface area contributed by atoms with Crippen molar-refractivity contribution in [2.45, 2.75) is 38.5 Å². The number of pyridine rings is 1. The Balaban J connectivity index is 0.000000158. The van der Waals surface area contributed by atoms with Gasteiger partial charge in [-0.25, -0.2) is 9.78 Å². The molecule has 3 aromatic heterocycles. The number of benzene rings is 4. The molecule has 0 bridgehead atoms. The zero-order valence-corrected chi connectivity index (χ0v) is 28.5. The molecular weight excluding hydrogens is 747 g/mol. The van der Waals surface area contributed by atoms with Gasteiger partial charge in [-0.15, -0.1) is 11.6 Å². The molecule has 1 aliphatic rings. The maximum absolute atomic E-state index is 13.0. The summed E-state index contributed by atoms with van der Waals surface area (Å²) in [5.74, 6) is 0.592. The van der Waals surface area contributed by atoms with Gasteiger partial charge in [0.2, 0.25) is 0 Å². The van der Waals surface area contributed by atoms with Crippen LogP contribution in [0.5, 0.6) is 0 Å². The Bertz CT molecular complexity index is 2090. The molecule has 0 N–H and O–H groups in total. The largest absolute Gasteiger partial charge is 0.326 e. The third-order valence-corrected chi connectivity index (χ3v) is 9.28. The molecule has 0 saturated carbocycles. The minimum absolute atomic E-state index is 0. The van der Waals surface area contributed by atoms with E-state index in [0.717, 1.165) is 22.4 Å². The van der Waals surface area contributed by atoms with Crippen molar-refractivity contribution in [3.8, 4) is 28.3 Å². The molecule has 0 spiro atoms. The van der Waals surface area contributed by atoms with Gasteiger partial charge in [-0.3, -0.25) is 9.25 Å². The summed E-state index contributed by atoms with van der Waals surface area (Å²) < 4.78 is 5.35. The van der Waals surface area contributed by atoms with Crippen molar-refractivity contribution in [3.05, 3.63) is 162 Å². The number of hydrogen-bond donors (Lipinski definition) is 0. The molecule has 4 heterocycles. The summed E-state index contributed by atoms with van der Waals surface area (Å²) in [4.78, 5) is 17.3. The first kappa shape index (κ1) is 31.2. The minimum Gasteiger partial charge on any atom is -0.315 e. The molecule has 0 unspecified atom stereocenters. The SMILES string of the molecule is CC1(C)c2ccc[c-]c2-n2ncc(-c3ccccc3)c2C1(C)C.O=c1n(-c2ccccn2)c2[c-]cccc2n1-c1ccccc1.[Ir]. The summed E-state index contributed by atoms with van der Waals surface area (Å²) in [7, 11) is 0. The first-order valence-corrected chi connectivity index (χ1v) is 15.1. The molecule has 0 amide bonds. The summed E-state index contributed by atoms with van der Waals surface area (Å²) in [6.07, 6.45) is 3.68. The topological polar surface area (TPSA) is 57.6 Å². The van der Waals surface area contributed by atoms with Crippen molar-refractivity contribution >= 4 is 11.0 Å².